The molecule has 0 aliphatic carbocycles. The molecule has 20 heavy (non-hydrogen) atoms. The number of ether oxygens (including phenoxy) is 1. The number of carbonyl (C=O) groups excluding carboxylic acids is 1. The van der Waals surface area contributed by atoms with Crippen molar-refractivity contribution in [3.63, 3.8) is 0 Å². The van der Waals surface area contributed by atoms with Crippen molar-refractivity contribution >= 4 is 27.8 Å². The molecule has 2 N–H and O–H groups in total. The smallest absolute Gasteiger partial charge is 0.305 e. The Bertz CT molecular complexity index is 512. The number of carboxylic acids is 1. The minimum atomic E-state index is -0.917. The maximum Gasteiger partial charge on any atom is 0.305 e. The van der Waals surface area contributed by atoms with Crippen LogP contribution >= 0.6 is 15.9 Å². The number of benzene rings is 1. The van der Waals surface area contributed by atoms with Gasteiger partial charge in [0.2, 0.25) is 0 Å². The van der Waals surface area contributed by atoms with Gasteiger partial charge >= 0.3 is 5.97 Å². The Kier molecular flexibility index (Phi) is 4.77. The van der Waals surface area contributed by atoms with Crippen LogP contribution in [-0.4, -0.2) is 35.7 Å². The van der Waals surface area contributed by atoms with Crippen LogP contribution in [0.4, 0.5) is 0 Å². The number of carboxylic acid groups (broad SMARTS) is 1. The van der Waals surface area contributed by atoms with E-state index in [0.29, 0.717) is 36.1 Å². The van der Waals surface area contributed by atoms with Crippen molar-refractivity contribution in [1.82, 2.24) is 5.32 Å². The van der Waals surface area contributed by atoms with Gasteiger partial charge in [-0.05, 0) is 40.9 Å². The van der Waals surface area contributed by atoms with E-state index in [1.54, 1.807) is 18.2 Å². The van der Waals surface area contributed by atoms with Gasteiger partial charge in [0.05, 0.1) is 17.5 Å². The van der Waals surface area contributed by atoms with Crippen molar-refractivity contribution in [1.29, 1.82) is 0 Å². The van der Waals surface area contributed by atoms with Gasteiger partial charge in [0.25, 0.3) is 5.91 Å². The molecule has 1 aromatic carbocycles. The van der Waals surface area contributed by atoms with Gasteiger partial charge in [0.15, 0.2) is 0 Å². The van der Waals surface area contributed by atoms with Crippen LogP contribution in [0.1, 0.15) is 29.6 Å². The Morgan fingerprint density at radius 1 is 1.30 bits per heavy atom. The fourth-order valence-corrected chi connectivity index (χ4v) is 2.82. The Morgan fingerprint density at radius 2 is 1.95 bits per heavy atom. The first-order valence-electron chi connectivity index (χ1n) is 6.39. The summed E-state index contributed by atoms with van der Waals surface area (Å²) in [6.45, 7) is 0.924. The Labute approximate surface area is 125 Å². The number of carbonyl (C=O) groups is 2. The second-order valence-electron chi connectivity index (χ2n) is 4.90. The quantitative estimate of drug-likeness (QED) is 0.880. The molecule has 0 saturated carbocycles. The standard InChI is InChI=1S/C14H16BrNO4/c15-11-4-2-1-3-10(11)13(19)16-14(9-12(17)18)5-7-20-8-6-14/h1-4H,5-9H2,(H,16,19)(H,17,18). The van der Waals surface area contributed by atoms with Crippen LogP contribution in [0.25, 0.3) is 0 Å². The average Bonchev–Trinajstić information content (AvgIpc) is 2.39. The lowest BCUT2D eigenvalue weighted by Gasteiger charge is -2.36. The van der Waals surface area contributed by atoms with Gasteiger partial charge in [0, 0.05) is 17.7 Å². The summed E-state index contributed by atoms with van der Waals surface area (Å²) in [6, 6.07) is 7.08. The molecule has 1 aliphatic rings. The Morgan fingerprint density at radius 3 is 2.55 bits per heavy atom. The van der Waals surface area contributed by atoms with E-state index >= 15 is 0 Å². The van der Waals surface area contributed by atoms with Gasteiger partial charge in [-0.1, -0.05) is 12.1 Å². The molecule has 2 rings (SSSR count). The van der Waals surface area contributed by atoms with Gasteiger partial charge in [-0.3, -0.25) is 9.59 Å². The molecule has 6 heteroatoms. The molecule has 0 unspecified atom stereocenters. The number of halogens is 1. The molecular formula is C14H16BrNO4. The van der Waals surface area contributed by atoms with Crippen LogP contribution in [0.15, 0.2) is 28.7 Å². The van der Waals surface area contributed by atoms with Crippen LogP contribution in [0.2, 0.25) is 0 Å². The van der Waals surface area contributed by atoms with Crippen molar-refractivity contribution < 1.29 is 19.4 Å². The summed E-state index contributed by atoms with van der Waals surface area (Å²) < 4.78 is 5.95. The number of aliphatic carboxylic acids is 1. The fourth-order valence-electron chi connectivity index (χ4n) is 2.35. The van der Waals surface area contributed by atoms with E-state index in [9.17, 15) is 9.59 Å². The normalized spacial score (nSPS) is 17.4. The molecule has 0 atom stereocenters. The molecule has 1 fully saturated rings. The van der Waals surface area contributed by atoms with Crippen LogP contribution in [0.3, 0.4) is 0 Å². The molecule has 0 radical (unpaired) electrons. The summed E-state index contributed by atoms with van der Waals surface area (Å²) in [5.74, 6) is -1.18. The average molecular weight is 342 g/mol. The van der Waals surface area contributed by atoms with Crippen LogP contribution in [-0.2, 0) is 9.53 Å². The second-order valence-corrected chi connectivity index (χ2v) is 5.75. The van der Waals surface area contributed by atoms with Gasteiger partial charge in [-0.25, -0.2) is 0 Å². The van der Waals surface area contributed by atoms with E-state index in [0.717, 1.165) is 0 Å². The zero-order valence-electron chi connectivity index (χ0n) is 10.9. The number of hydrogen-bond donors (Lipinski definition) is 2. The predicted molar refractivity (Wildman–Crippen MR) is 76.6 cm³/mol. The van der Waals surface area contributed by atoms with E-state index in [2.05, 4.69) is 21.2 Å². The first-order valence-corrected chi connectivity index (χ1v) is 7.18. The third-order valence-corrected chi connectivity index (χ3v) is 4.13. The van der Waals surface area contributed by atoms with E-state index < -0.39 is 11.5 Å². The first-order chi connectivity index (χ1) is 9.52. The van der Waals surface area contributed by atoms with Crippen molar-refractivity contribution in [2.45, 2.75) is 24.8 Å². The highest BCUT2D eigenvalue weighted by atomic mass is 79.9. The highest BCUT2D eigenvalue weighted by Crippen LogP contribution is 2.26. The van der Waals surface area contributed by atoms with E-state index in [1.807, 2.05) is 6.07 Å². The molecule has 5 nitrogen and oxygen atoms in total. The zero-order valence-corrected chi connectivity index (χ0v) is 12.5. The Hall–Kier alpha value is -1.40. The molecule has 1 heterocycles. The number of hydrogen-bond acceptors (Lipinski definition) is 3. The third kappa shape index (κ3) is 3.58. The summed E-state index contributed by atoms with van der Waals surface area (Å²) >= 11 is 3.33. The highest BCUT2D eigenvalue weighted by Gasteiger charge is 2.36. The van der Waals surface area contributed by atoms with Crippen molar-refractivity contribution in [2.24, 2.45) is 0 Å². The molecule has 0 bridgehead atoms. The molecule has 108 valence electrons. The van der Waals surface area contributed by atoms with Gasteiger partial charge < -0.3 is 15.2 Å². The summed E-state index contributed by atoms with van der Waals surface area (Å²) in [7, 11) is 0. The fraction of sp³-hybridized carbons (Fsp3) is 0.429. The number of amides is 1. The molecule has 1 amide bonds. The first kappa shape index (κ1) is 15.0. The number of rotatable bonds is 4. The summed E-state index contributed by atoms with van der Waals surface area (Å²) in [5, 5.41) is 12.0. The van der Waals surface area contributed by atoms with E-state index in [1.165, 1.54) is 0 Å². The zero-order chi connectivity index (χ0) is 14.6. The maximum atomic E-state index is 12.3. The predicted octanol–water partition coefficient (Wildman–Crippen LogP) is 2.20. The van der Waals surface area contributed by atoms with Crippen LogP contribution in [0, 0.1) is 0 Å². The van der Waals surface area contributed by atoms with Gasteiger partial charge in [0.1, 0.15) is 0 Å². The van der Waals surface area contributed by atoms with Crippen molar-refractivity contribution in [2.75, 3.05) is 13.2 Å². The third-order valence-electron chi connectivity index (χ3n) is 3.44. The largest absolute Gasteiger partial charge is 0.481 e. The summed E-state index contributed by atoms with van der Waals surface area (Å²) in [4.78, 5) is 23.4. The maximum absolute atomic E-state index is 12.3. The van der Waals surface area contributed by atoms with Crippen LogP contribution < -0.4 is 5.32 Å². The van der Waals surface area contributed by atoms with Gasteiger partial charge in [-0.2, -0.15) is 0 Å². The lowest BCUT2D eigenvalue weighted by atomic mass is 9.86. The Balaban J connectivity index is 2.17. The minimum Gasteiger partial charge on any atom is -0.481 e. The minimum absolute atomic E-state index is 0.0907. The molecule has 1 saturated heterocycles. The molecular weight excluding hydrogens is 326 g/mol. The SMILES string of the molecule is O=C(O)CC1(NC(=O)c2ccccc2Br)CCOCC1. The van der Waals surface area contributed by atoms with Crippen LogP contribution in [0.5, 0.6) is 0 Å². The van der Waals surface area contributed by atoms with Gasteiger partial charge in [-0.15, -0.1) is 0 Å². The number of nitrogens with one attached hydrogen (secondary N) is 1. The van der Waals surface area contributed by atoms with Crippen molar-refractivity contribution in [3.05, 3.63) is 34.3 Å². The van der Waals surface area contributed by atoms with E-state index in [4.69, 9.17) is 9.84 Å². The molecule has 0 spiro atoms. The monoisotopic (exact) mass is 341 g/mol. The lowest BCUT2D eigenvalue weighted by molar-refractivity contribution is -0.139. The molecule has 1 aliphatic heterocycles. The van der Waals surface area contributed by atoms with E-state index in [-0.39, 0.29) is 12.3 Å². The van der Waals surface area contributed by atoms with Crippen molar-refractivity contribution in [3.8, 4) is 0 Å². The second kappa shape index (κ2) is 6.37. The highest BCUT2D eigenvalue weighted by molar-refractivity contribution is 9.10. The summed E-state index contributed by atoms with van der Waals surface area (Å²) in [5.41, 5.74) is -0.222. The lowest BCUT2D eigenvalue weighted by Crippen LogP contribution is -2.53. The topological polar surface area (TPSA) is 75.6 Å². The summed E-state index contributed by atoms with van der Waals surface area (Å²) in [6.07, 6.45) is 0.928. The molecule has 1 aromatic rings. The molecule has 0 aromatic heterocycles.